The highest BCUT2D eigenvalue weighted by atomic mass is 35.5. The van der Waals surface area contributed by atoms with Crippen LogP contribution in [0.3, 0.4) is 0 Å². The smallest absolute Gasteiger partial charge is 0.261 e. The molecule has 28 heavy (non-hydrogen) atoms. The molecule has 0 bridgehead atoms. The number of benzene rings is 2. The topological polar surface area (TPSA) is 99.5 Å². The Morgan fingerprint density at radius 1 is 1.21 bits per heavy atom. The Balaban J connectivity index is 1.62. The molecule has 0 aliphatic carbocycles. The molecule has 0 saturated carbocycles. The number of ketones is 1. The number of carbonyl (C=O) groups is 2. The van der Waals surface area contributed by atoms with Crippen LogP contribution in [0.5, 0.6) is 11.5 Å². The molecule has 9 heteroatoms. The van der Waals surface area contributed by atoms with Gasteiger partial charge in [-0.15, -0.1) is 0 Å². The first-order chi connectivity index (χ1) is 13.4. The van der Waals surface area contributed by atoms with Crippen LogP contribution in [-0.4, -0.2) is 28.0 Å². The van der Waals surface area contributed by atoms with E-state index in [0.717, 1.165) is 0 Å². The molecule has 8 nitrogen and oxygen atoms in total. The molecule has 3 aromatic rings. The average Bonchev–Trinajstić information content (AvgIpc) is 3.11. The fourth-order valence-corrected chi connectivity index (χ4v) is 3.10. The molecule has 2 aromatic carbocycles. The fraction of sp³-hybridized carbons (Fsp3) is 0.158. The summed E-state index contributed by atoms with van der Waals surface area (Å²) in [7, 11) is 0. The van der Waals surface area contributed by atoms with E-state index in [1.807, 2.05) is 0 Å². The Bertz CT molecular complexity index is 1190. The van der Waals surface area contributed by atoms with Crippen LogP contribution < -0.4 is 20.3 Å². The maximum absolute atomic E-state index is 12.6. The number of aromatic nitrogens is 2. The number of anilines is 1. The van der Waals surface area contributed by atoms with Crippen molar-refractivity contribution in [2.24, 2.45) is 0 Å². The molecule has 4 rings (SSSR count). The van der Waals surface area contributed by atoms with Gasteiger partial charge in [-0.05, 0) is 31.2 Å². The van der Waals surface area contributed by atoms with E-state index in [9.17, 15) is 14.4 Å². The third-order valence-corrected chi connectivity index (χ3v) is 4.50. The van der Waals surface area contributed by atoms with Crippen molar-refractivity contribution in [3.05, 3.63) is 57.6 Å². The minimum Gasteiger partial charge on any atom is -0.454 e. The van der Waals surface area contributed by atoms with Gasteiger partial charge in [-0.25, -0.2) is 4.98 Å². The average molecular weight is 400 g/mol. The summed E-state index contributed by atoms with van der Waals surface area (Å²) in [6.45, 7) is 1.15. The van der Waals surface area contributed by atoms with E-state index in [2.05, 4.69) is 10.3 Å². The van der Waals surface area contributed by atoms with Crippen molar-refractivity contribution >= 4 is 39.9 Å². The second-order valence-electron chi connectivity index (χ2n) is 6.19. The van der Waals surface area contributed by atoms with E-state index in [1.54, 1.807) is 12.1 Å². The lowest BCUT2D eigenvalue weighted by Gasteiger charge is -2.11. The second kappa shape index (κ2) is 6.97. The summed E-state index contributed by atoms with van der Waals surface area (Å²) in [5, 5.41) is 3.37. The molecular formula is C19H14ClN3O5. The Morgan fingerprint density at radius 2 is 1.96 bits per heavy atom. The number of nitrogens with one attached hydrogen (secondary N) is 1. The molecule has 0 spiro atoms. The van der Waals surface area contributed by atoms with Gasteiger partial charge in [-0.2, -0.15) is 0 Å². The minimum absolute atomic E-state index is 0.0464. The van der Waals surface area contributed by atoms with E-state index in [4.69, 9.17) is 21.1 Å². The lowest BCUT2D eigenvalue weighted by Crippen LogP contribution is -2.28. The van der Waals surface area contributed by atoms with Crippen LogP contribution in [0, 0.1) is 0 Å². The monoisotopic (exact) mass is 399 g/mol. The first-order valence-electron chi connectivity index (χ1n) is 8.31. The molecule has 0 saturated heterocycles. The number of ether oxygens (including phenoxy) is 2. The number of nitrogens with zero attached hydrogens (tertiary/aromatic N) is 2. The fourth-order valence-electron chi connectivity index (χ4n) is 2.92. The molecule has 1 amide bonds. The maximum atomic E-state index is 12.6. The predicted molar refractivity (Wildman–Crippen MR) is 102 cm³/mol. The Hall–Kier alpha value is -3.39. The molecule has 1 N–H and O–H groups in total. The SMILES string of the molecule is CC(=O)c1cc2c(cc1NC(=O)Cn1cnc3ccc(Cl)cc3c1=O)OCO2. The summed E-state index contributed by atoms with van der Waals surface area (Å²) in [4.78, 5) is 41.2. The number of halogens is 1. The molecule has 1 aromatic heterocycles. The lowest BCUT2D eigenvalue weighted by molar-refractivity contribution is -0.116. The van der Waals surface area contributed by atoms with E-state index in [-0.39, 0.29) is 35.9 Å². The quantitative estimate of drug-likeness (QED) is 0.677. The summed E-state index contributed by atoms with van der Waals surface area (Å²) >= 11 is 5.94. The molecular weight excluding hydrogens is 386 g/mol. The van der Waals surface area contributed by atoms with Gasteiger partial charge in [-0.1, -0.05) is 11.6 Å². The number of rotatable bonds is 4. The van der Waals surface area contributed by atoms with Crippen LogP contribution in [0.15, 0.2) is 41.5 Å². The van der Waals surface area contributed by atoms with Gasteiger partial charge in [0, 0.05) is 16.7 Å². The van der Waals surface area contributed by atoms with Gasteiger partial charge in [0.2, 0.25) is 12.7 Å². The van der Waals surface area contributed by atoms with Crippen LogP contribution in [0.25, 0.3) is 10.9 Å². The van der Waals surface area contributed by atoms with Crippen molar-refractivity contribution < 1.29 is 19.1 Å². The van der Waals surface area contributed by atoms with Gasteiger partial charge in [0.1, 0.15) is 6.54 Å². The summed E-state index contributed by atoms with van der Waals surface area (Å²) in [6.07, 6.45) is 1.30. The van der Waals surface area contributed by atoms with Crippen LogP contribution >= 0.6 is 11.6 Å². The summed E-state index contributed by atoms with van der Waals surface area (Å²) in [5.41, 5.74) is 0.667. The third kappa shape index (κ3) is 3.29. The van der Waals surface area contributed by atoms with Crippen LogP contribution in [-0.2, 0) is 11.3 Å². The van der Waals surface area contributed by atoms with Crippen molar-refractivity contribution in [1.29, 1.82) is 0 Å². The van der Waals surface area contributed by atoms with E-state index < -0.39 is 5.91 Å². The summed E-state index contributed by atoms with van der Waals surface area (Å²) in [6, 6.07) is 7.82. The molecule has 0 fully saturated rings. The molecule has 0 atom stereocenters. The van der Waals surface area contributed by atoms with Gasteiger partial charge >= 0.3 is 0 Å². The molecule has 1 aliphatic rings. The highest BCUT2D eigenvalue weighted by Crippen LogP contribution is 2.37. The number of amides is 1. The van der Waals surface area contributed by atoms with Crippen molar-refractivity contribution in [2.45, 2.75) is 13.5 Å². The first-order valence-corrected chi connectivity index (χ1v) is 8.69. The van der Waals surface area contributed by atoms with E-state index in [0.29, 0.717) is 27.4 Å². The van der Waals surface area contributed by atoms with Crippen molar-refractivity contribution in [1.82, 2.24) is 9.55 Å². The zero-order valence-corrected chi connectivity index (χ0v) is 15.4. The van der Waals surface area contributed by atoms with Gasteiger partial charge in [0.15, 0.2) is 17.3 Å². The third-order valence-electron chi connectivity index (χ3n) is 4.27. The molecule has 0 radical (unpaired) electrons. The van der Waals surface area contributed by atoms with Gasteiger partial charge in [0.05, 0.1) is 22.9 Å². The Labute approximate surface area is 163 Å². The molecule has 1 aliphatic heterocycles. The lowest BCUT2D eigenvalue weighted by atomic mass is 10.1. The predicted octanol–water partition coefficient (Wildman–Crippen LogP) is 2.62. The van der Waals surface area contributed by atoms with E-state index in [1.165, 1.54) is 36.0 Å². The maximum Gasteiger partial charge on any atom is 0.261 e. The molecule has 142 valence electrons. The second-order valence-corrected chi connectivity index (χ2v) is 6.63. The van der Waals surface area contributed by atoms with Crippen LogP contribution in [0.2, 0.25) is 5.02 Å². The number of hydrogen-bond donors (Lipinski definition) is 1. The van der Waals surface area contributed by atoms with Gasteiger partial charge in [0.25, 0.3) is 5.56 Å². The number of Topliss-reactive ketones (excluding diaryl/α,β-unsaturated/α-hetero) is 1. The normalized spacial score (nSPS) is 12.2. The Kier molecular flexibility index (Phi) is 4.48. The van der Waals surface area contributed by atoms with Crippen molar-refractivity contribution in [3.8, 4) is 11.5 Å². The first kappa shape index (κ1) is 18.0. The minimum atomic E-state index is -0.494. The van der Waals surface area contributed by atoms with Crippen LogP contribution in [0.1, 0.15) is 17.3 Å². The summed E-state index contributed by atoms with van der Waals surface area (Å²) < 4.78 is 11.7. The highest BCUT2D eigenvalue weighted by Gasteiger charge is 2.20. The van der Waals surface area contributed by atoms with Crippen LogP contribution in [0.4, 0.5) is 5.69 Å². The number of hydrogen-bond acceptors (Lipinski definition) is 6. The van der Waals surface area contributed by atoms with E-state index >= 15 is 0 Å². The Morgan fingerprint density at radius 3 is 2.71 bits per heavy atom. The zero-order chi connectivity index (χ0) is 19.8. The van der Waals surface area contributed by atoms with Crippen molar-refractivity contribution in [2.75, 3.05) is 12.1 Å². The molecule has 0 unspecified atom stereocenters. The molecule has 2 heterocycles. The van der Waals surface area contributed by atoms with Gasteiger partial charge < -0.3 is 14.8 Å². The highest BCUT2D eigenvalue weighted by molar-refractivity contribution is 6.31. The standard InChI is InChI=1S/C19H14ClN3O5/c1-10(24)12-5-16-17(28-9-27-16)6-15(12)22-18(25)7-23-8-21-14-3-2-11(20)4-13(14)19(23)26/h2-6,8H,7,9H2,1H3,(H,22,25). The largest absolute Gasteiger partial charge is 0.454 e. The van der Waals surface area contributed by atoms with Crippen molar-refractivity contribution in [3.63, 3.8) is 0 Å². The zero-order valence-electron chi connectivity index (χ0n) is 14.7. The number of carbonyl (C=O) groups excluding carboxylic acids is 2. The summed E-state index contributed by atoms with van der Waals surface area (Å²) in [5.74, 6) is 0.133. The van der Waals surface area contributed by atoms with Gasteiger partial charge in [-0.3, -0.25) is 19.0 Å². The number of fused-ring (bicyclic) bond motifs is 2.